The van der Waals surface area contributed by atoms with Gasteiger partial charge in [-0.2, -0.15) is 0 Å². The van der Waals surface area contributed by atoms with Crippen LogP contribution in [-0.2, 0) is 6.42 Å². The Hall–Kier alpha value is -2.76. The lowest BCUT2D eigenvalue weighted by Crippen LogP contribution is -2.27. The predicted octanol–water partition coefficient (Wildman–Crippen LogP) is 3.42. The van der Waals surface area contributed by atoms with Crippen LogP contribution in [0, 0.1) is 5.82 Å². The summed E-state index contributed by atoms with van der Waals surface area (Å²) in [7, 11) is 0. The number of hydrogen-bond acceptors (Lipinski definition) is 4. The Bertz CT molecular complexity index is 860. The van der Waals surface area contributed by atoms with Crippen molar-refractivity contribution in [2.24, 2.45) is 0 Å². The number of fused-ring (bicyclic) bond motifs is 1. The maximum Gasteiger partial charge on any atom is 0.270 e. The molecule has 1 aromatic carbocycles. The summed E-state index contributed by atoms with van der Waals surface area (Å²) in [6.07, 6.45) is 0.760. The van der Waals surface area contributed by atoms with Gasteiger partial charge in [-0.1, -0.05) is 30.3 Å². The first kappa shape index (κ1) is 15.1. The first-order chi connectivity index (χ1) is 11.1. The van der Waals surface area contributed by atoms with E-state index in [0.717, 1.165) is 12.1 Å². The fraction of sp³-hybridized carbons (Fsp3) is 0.235. The van der Waals surface area contributed by atoms with Gasteiger partial charge in [0.1, 0.15) is 17.0 Å². The van der Waals surface area contributed by atoms with Crippen molar-refractivity contribution >= 4 is 16.8 Å². The summed E-state index contributed by atoms with van der Waals surface area (Å²) >= 11 is 0. The highest BCUT2D eigenvalue weighted by Crippen LogP contribution is 2.18. The molecule has 0 aliphatic carbocycles. The normalized spacial score (nSPS) is 12.3. The average molecular weight is 313 g/mol. The Labute approximate surface area is 132 Å². The third kappa shape index (κ3) is 3.06. The monoisotopic (exact) mass is 313 g/mol. The molecule has 2 aromatic heterocycles. The van der Waals surface area contributed by atoms with E-state index in [2.05, 4.69) is 15.5 Å². The van der Waals surface area contributed by atoms with E-state index in [1.165, 1.54) is 6.07 Å². The highest BCUT2D eigenvalue weighted by Gasteiger charge is 2.17. The molecule has 118 valence electrons. The number of carbonyl (C=O) groups excluding carboxylic acids is 1. The minimum Gasteiger partial charge on any atom is -0.359 e. The number of amides is 1. The van der Waals surface area contributed by atoms with Crippen LogP contribution < -0.4 is 5.32 Å². The largest absolute Gasteiger partial charge is 0.359 e. The minimum absolute atomic E-state index is 0.157. The van der Waals surface area contributed by atoms with Crippen molar-refractivity contribution in [3.05, 3.63) is 59.4 Å². The van der Waals surface area contributed by atoms with E-state index < -0.39 is 11.7 Å². The highest BCUT2D eigenvalue weighted by atomic mass is 19.1. The molecule has 0 aliphatic heterocycles. The smallest absolute Gasteiger partial charge is 0.270 e. The zero-order valence-corrected chi connectivity index (χ0v) is 12.8. The summed E-state index contributed by atoms with van der Waals surface area (Å²) in [5.74, 6) is -0.271. The fourth-order valence-electron chi connectivity index (χ4n) is 2.28. The number of para-hydroxylation sites is 1. The number of carbonyl (C=O) groups is 1. The van der Waals surface area contributed by atoms with Gasteiger partial charge in [0.25, 0.3) is 5.91 Å². The number of hydrogen-bond donors (Lipinski definition) is 1. The summed E-state index contributed by atoms with van der Waals surface area (Å²) in [5.41, 5.74) is 1.16. The van der Waals surface area contributed by atoms with Crippen LogP contribution in [0.4, 0.5) is 4.39 Å². The summed E-state index contributed by atoms with van der Waals surface area (Å²) in [4.78, 5) is 16.4. The molecule has 6 heteroatoms. The second-order valence-electron chi connectivity index (χ2n) is 5.28. The molecule has 0 bridgehead atoms. The number of aryl methyl sites for hydroxylation is 1. The van der Waals surface area contributed by atoms with Gasteiger partial charge in [-0.05, 0) is 25.5 Å². The first-order valence-electron chi connectivity index (χ1n) is 7.40. The predicted molar refractivity (Wildman–Crippen MR) is 83.5 cm³/mol. The van der Waals surface area contributed by atoms with Gasteiger partial charge in [0, 0.05) is 11.5 Å². The van der Waals surface area contributed by atoms with Crippen molar-refractivity contribution in [2.75, 3.05) is 0 Å². The third-order valence-corrected chi connectivity index (χ3v) is 3.62. The van der Waals surface area contributed by atoms with E-state index in [4.69, 9.17) is 4.52 Å². The van der Waals surface area contributed by atoms with E-state index in [1.807, 2.05) is 6.92 Å². The minimum atomic E-state index is -0.451. The molecule has 5 nitrogen and oxygen atoms in total. The molecular formula is C17H16FN3O2. The number of nitrogens with zero attached hydrogens (tertiary/aromatic N) is 2. The van der Waals surface area contributed by atoms with E-state index in [1.54, 1.807) is 37.3 Å². The maximum atomic E-state index is 13.8. The molecule has 1 unspecified atom stereocenters. The van der Waals surface area contributed by atoms with Gasteiger partial charge in [0.2, 0.25) is 0 Å². The van der Waals surface area contributed by atoms with Crippen molar-refractivity contribution in [3.8, 4) is 0 Å². The average Bonchev–Trinajstić information content (AvgIpc) is 3.04. The zero-order chi connectivity index (χ0) is 16.4. The summed E-state index contributed by atoms with van der Waals surface area (Å²) in [5, 5.41) is 7.32. The number of aromatic nitrogens is 2. The van der Waals surface area contributed by atoms with E-state index in [9.17, 15) is 9.18 Å². The molecule has 0 spiro atoms. The van der Waals surface area contributed by atoms with Crippen LogP contribution in [0.15, 0.2) is 40.9 Å². The van der Waals surface area contributed by atoms with Gasteiger partial charge in [0.15, 0.2) is 5.76 Å². The number of benzene rings is 1. The number of rotatable bonds is 4. The quantitative estimate of drug-likeness (QED) is 0.801. The Morgan fingerprint density at radius 3 is 2.91 bits per heavy atom. The lowest BCUT2D eigenvalue weighted by molar-refractivity contribution is 0.0929. The molecule has 0 aliphatic rings. The van der Waals surface area contributed by atoms with E-state index >= 15 is 0 Å². The third-order valence-electron chi connectivity index (χ3n) is 3.62. The maximum absolute atomic E-state index is 13.8. The van der Waals surface area contributed by atoms with Crippen LogP contribution in [0.2, 0.25) is 0 Å². The van der Waals surface area contributed by atoms with Gasteiger partial charge in [-0.3, -0.25) is 4.79 Å². The van der Waals surface area contributed by atoms with Gasteiger partial charge >= 0.3 is 0 Å². The Morgan fingerprint density at radius 2 is 2.17 bits per heavy atom. The molecular weight excluding hydrogens is 297 g/mol. The standard InChI is InChI=1S/C17H16FN3O2/c1-3-12-9-15(23-21-12)10(2)19-17(22)14-8-7-11-5-4-6-13(18)16(11)20-14/h4-10H,3H2,1-2H3,(H,19,22). The summed E-state index contributed by atoms with van der Waals surface area (Å²) in [6, 6.07) is 9.37. The van der Waals surface area contributed by atoms with Gasteiger partial charge in [-0.25, -0.2) is 9.37 Å². The van der Waals surface area contributed by atoms with Crippen molar-refractivity contribution in [3.63, 3.8) is 0 Å². The van der Waals surface area contributed by atoms with Gasteiger partial charge in [-0.15, -0.1) is 0 Å². The lowest BCUT2D eigenvalue weighted by Gasteiger charge is -2.10. The highest BCUT2D eigenvalue weighted by molar-refractivity contribution is 5.95. The number of pyridine rings is 1. The Morgan fingerprint density at radius 1 is 1.35 bits per heavy atom. The van der Waals surface area contributed by atoms with Crippen LogP contribution >= 0.6 is 0 Å². The van der Waals surface area contributed by atoms with Crippen LogP contribution in [0.3, 0.4) is 0 Å². The fourth-order valence-corrected chi connectivity index (χ4v) is 2.28. The lowest BCUT2D eigenvalue weighted by atomic mass is 10.2. The number of nitrogens with one attached hydrogen (secondary N) is 1. The van der Waals surface area contributed by atoms with Gasteiger partial charge in [0.05, 0.1) is 11.7 Å². The van der Waals surface area contributed by atoms with E-state index in [0.29, 0.717) is 11.1 Å². The van der Waals surface area contributed by atoms with Crippen molar-refractivity contribution in [1.29, 1.82) is 0 Å². The molecule has 3 aromatic rings. The summed E-state index contributed by atoms with van der Waals surface area (Å²) in [6.45, 7) is 3.76. The topological polar surface area (TPSA) is 68.0 Å². The molecule has 0 fully saturated rings. The molecule has 1 N–H and O–H groups in total. The molecule has 1 amide bonds. The Balaban J connectivity index is 1.81. The molecule has 1 atom stereocenters. The molecule has 0 saturated heterocycles. The first-order valence-corrected chi connectivity index (χ1v) is 7.40. The second-order valence-corrected chi connectivity index (χ2v) is 5.28. The van der Waals surface area contributed by atoms with Gasteiger partial charge < -0.3 is 9.84 Å². The van der Waals surface area contributed by atoms with Crippen LogP contribution in [0.25, 0.3) is 10.9 Å². The van der Waals surface area contributed by atoms with Crippen molar-refractivity contribution in [1.82, 2.24) is 15.5 Å². The summed E-state index contributed by atoms with van der Waals surface area (Å²) < 4.78 is 19.0. The molecule has 3 rings (SSSR count). The second kappa shape index (κ2) is 6.16. The van der Waals surface area contributed by atoms with Crippen molar-refractivity contribution in [2.45, 2.75) is 26.3 Å². The zero-order valence-electron chi connectivity index (χ0n) is 12.8. The van der Waals surface area contributed by atoms with Crippen LogP contribution in [-0.4, -0.2) is 16.0 Å². The molecule has 2 heterocycles. The Kier molecular flexibility index (Phi) is 4.06. The molecule has 0 radical (unpaired) electrons. The number of halogens is 1. The molecule has 23 heavy (non-hydrogen) atoms. The van der Waals surface area contributed by atoms with Crippen LogP contribution in [0.1, 0.15) is 41.8 Å². The van der Waals surface area contributed by atoms with Crippen LogP contribution in [0.5, 0.6) is 0 Å². The molecule has 0 saturated carbocycles. The van der Waals surface area contributed by atoms with Crippen molar-refractivity contribution < 1.29 is 13.7 Å². The SMILES string of the molecule is CCc1cc(C(C)NC(=O)c2ccc3cccc(F)c3n2)on1. The van der Waals surface area contributed by atoms with E-state index in [-0.39, 0.29) is 17.3 Å².